The molecule has 1 saturated carbocycles. The third-order valence-electron chi connectivity index (χ3n) is 5.09. The molecule has 2 N–H and O–H groups in total. The Morgan fingerprint density at radius 1 is 1.30 bits per heavy atom. The van der Waals surface area contributed by atoms with Gasteiger partial charge < -0.3 is 15.5 Å². The lowest BCUT2D eigenvalue weighted by molar-refractivity contribution is 0.0855. The van der Waals surface area contributed by atoms with Gasteiger partial charge in [-0.1, -0.05) is 6.07 Å². The van der Waals surface area contributed by atoms with Gasteiger partial charge in [0, 0.05) is 47.5 Å². The molecular formula is C18H23N3OS. The Balaban J connectivity index is 1.63. The quantitative estimate of drug-likeness (QED) is 0.910. The molecule has 1 saturated heterocycles. The second-order valence-corrected chi connectivity index (χ2v) is 7.99. The molecule has 0 bridgehead atoms. The molecule has 4 nitrogen and oxygen atoms in total. The molecule has 1 aromatic heterocycles. The van der Waals surface area contributed by atoms with Crippen molar-refractivity contribution in [3.63, 3.8) is 0 Å². The number of carbonyl (C=O) groups is 1. The van der Waals surface area contributed by atoms with Crippen LogP contribution in [0.1, 0.15) is 35.9 Å². The molecule has 0 atom stereocenters. The van der Waals surface area contributed by atoms with Crippen LogP contribution in [0.25, 0.3) is 10.1 Å². The van der Waals surface area contributed by atoms with Gasteiger partial charge in [0.2, 0.25) is 0 Å². The lowest BCUT2D eigenvalue weighted by Crippen LogP contribution is -2.50. The van der Waals surface area contributed by atoms with Crippen molar-refractivity contribution in [3.05, 3.63) is 29.1 Å². The van der Waals surface area contributed by atoms with Gasteiger partial charge in [-0.05, 0) is 44.4 Å². The predicted molar refractivity (Wildman–Crippen MR) is 96.6 cm³/mol. The molecular weight excluding hydrogens is 306 g/mol. The molecule has 2 heterocycles. The normalized spacial score (nSPS) is 20.3. The number of hydrogen-bond donors (Lipinski definition) is 2. The molecule has 1 aliphatic carbocycles. The highest BCUT2D eigenvalue weighted by molar-refractivity contribution is 7.20. The first-order chi connectivity index (χ1) is 11.1. The van der Waals surface area contributed by atoms with Crippen molar-refractivity contribution in [1.82, 2.24) is 10.6 Å². The van der Waals surface area contributed by atoms with E-state index in [4.69, 9.17) is 0 Å². The summed E-state index contributed by atoms with van der Waals surface area (Å²) in [4.78, 5) is 15.8. The van der Waals surface area contributed by atoms with Crippen LogP contribution in [0.5, 0.6) is 0 Å². The highest BCUT2D eigenvalue weighted by Crippen LogP contribution is 2.35. The molecule has 1 amide bonds. The van der Waals surface area contributed by atoms with Gasteiger partial charge in [0.15, 0.2) is 0 Å². The molecule has 0 radical (unpaired) electrons. The van der Waals surface area contributed by atoms with Gasteiger partial charge in [-0.2, -0.15) is 0 Å². The van der Waals surface area contributed by atoms with Crippen molar-refractivity contribution >= 4 is 33.0 Å². The lowest BCUT2D eigenvalue weighted by Gasteiger charge is -2.38. The van der Waals surface area contributed by atoms with E-state index in [9.17, 15) is 4.79 Å². The van der Waals surface area contributed by atoms with E-state index in [0.29, 0.717) is 0 Å². The fraction of sp³-hybridized carbons (Fsp3) is 0.500. The van der Waals surface area contributed by atoms with Crippen molar-refractivity contribution in [1.29, 1.82) is 0 Å². The van der Waals surface area contributed by atoms with Gasteiger partial charge in [0.1, 0.15) is 0 Å². The molecule has 0 spiro atoms. The average molecular weight is 329 g/mol. The average Bonchev–Trinajstić information content (AvgIpc) is 2.98. The van der Waals surface area contributed by atoms with Crippen LogP contribution >= 0.6 is 11.3 Å². The predicted octanol–water partition coefficient (Wildman–Crippen LogP) is 2.98. The minimum Gasteiger partial charge on any atom is -0.368 e. The van der Waals surface area contributed by atoms with Crippen molar-refractivity contribution in [2.24, 2.45) is 0 Å². The van der Waals surface area contributed by atoms with E-state index in [-0.39, 0.29) is 11.4 Å². The van der Waals surface area contributed by atoms with Crippen LogP contribution in [0.3, 0.4) is 0 Å². The van der Waals surface area contributed by atoms with Crippen molar-refractivity contribution in [2.75, 3.05) is 31.1 Å². The number of thiophene rings is 1. The summed E-state index contributed by atoms with van der Waals surface area (Å²) in [5, 5.41) is 7.82. The van der Waals surface area contributed by atoms with E-state index in [1.165, 1.54) is 22.2 Å². The number of benzene rings is 1. The van der Waals surface area contributed by atoms with Crippen LogP contribution < -0.4 is 15.5 Å². The maximum absolute atomic E-state index is 12.6. The minimum atomic E-state index is 0.00856. The number of anilines is 1. The summed E-state index contributed by atoms with van der Waals surface area (Å²) < 4.78 is 1.20. The largest absolute Gasteiger partial charge is 0.368 e. The van der Waals surface area contributed by atoms with Gasteiger partial charge in [0.25, 0.3) is 5.91 Å². The smallest absolute Gasteiger partial charge is 0.261 e. The van der Waals surface area contributed by atoms with Gasteiger partial charge in [-0.3, -0.25) is 4.79 Å². The number of rotatable bonds is 3. The number of nitrogens with zero attached hydrogens (tertiary/aromatic N) is 1. The van der Waals surface area contributed by atoms with Crippen LogP contribution in [0.15, 0.2) is 24.3 Å². The first kappa shape index (κ1) is 15.0. The lowest BCUT2D eigenvalue weighted by atomic mass is 9.78. The molecule has 0 unspecified atom stereocenters. The monoisotopic (exact) mass is 329 g/mol. The number of nitrogens with one attached hydrogen (secondary N) is 2. The van der Waals surface area contributed by atoms with E-state index in [1.807, 2.05) is 0 Å². The van der Waals surface area contributed by atoms with Crippen LogP contribution in [-0.2, 0) is 0 Å². The van der Waals surface area contributed by atoms with Crippen LogP contribution in [0.2, 0.25) is 0 Å². The number of fused-ring (bicyclic) bond motifs is 1. The Morgan fingerprint density at radius 2 is 2.09 bits per heavy atom. The molecule has 2 aliphatic rings. The van der Waals surface area contributed by atoms with Crippen LogP contribution in [-0.4, -0.2) is 37.6 Å². The molecule has 1 aromatic carbocycles. The molecule has 2 fully saturated rings. The van der Waals surface area contributed by atoms with Crippen molar-refractivity contribution < 1.29 is 4.79 Å². The van der Waals surface area contributed by atoms with Gasteiger partial charge >= 0.3 is 0 Å². The number of amides is 1. The summed E-state index contributed by atoms with van der Waals surface area (Å²) in [5.74, 6) is 0.0830. The van der Waals surface area contributed by atoms with Gasteiger partial charge in [-0.25, -0.2) is 0 Å². The molecule has 23 heavy (non-hydrogen) atoms. The van der Waals surface area contributed by atoms with E-state index >= 15 is 0 Å². The van der Waals surface area contributed by atoms with Crippen molar-refractivity contribution in [3.8, 4) is 0 Å². The standard InChI is InChI=1S/C18H23N3OS/c1-18(6-3-7-18)20-17(22)16-12-13-14(4-2-5-15(13)23-16)21-10-8-19-9-11-21/h2,4-5,12,19H,3,6-11H2,1H3,(H,20,22). The second-order valence-electron chi connectivity index (χ2n) is 6.90. The summed E-state index contributed by atoms with van der Waals surface area (Å²) >= 11 is 1.60. The summed E-state index contributed by atoms with van der Waals surface area (Å²) in [5.41, 5.74) is 1.27. The Kier molecular flexibility index (Phi) is 3.77. The van der Waals surface area contributed by atoms with Crippen molar-refractivity contribution in [2.45, 2.75) is 31.7 Å². The zero-order valence-corrected chi connectivity index (χ0v) is 14.3. The van der Waals surface area contributed by atoms with E-state index in [0.717, 1.165) is 43.9 Å². The zero-order chi connectivity index (χ0) is 15.9. The van der Waals surface area contributed by atoms with Crippen LogP contribution in [0, 0.1) is 0 Å². The van der Waals surface area contributed by atoms with Crippen LogP contribution in [0.4, 0.5) is 5.69 Å². The number of carbonyl (C=O) groups excluding carboxylic acids is 1. The zero-order valence-electron chi connectivity index (χ0n) is 13.5. The third-order valence-corrected chi connectivity index (χ3v) is 6.19. The number of piperazine rings is 1. The molecule has 5 heteroatoms. The van der Waals surface area contributed by atoms with E-state index in [2.05, 4.69) is 46.7 Å². The fourth-order valence-electron chi connectivity index (χ4n) is 3.51. The molecule has 1 aliphatic heterocycles. The first-order valence-corrected chi connectivity index (χ1v) is 9.27. The highest BCUT2D eigenvalue weighted by Gasteiger charge is 2.33. The Bertz CT molecular complexity index is 729. The maximum Gasteiger partial charge on any atom is 0.261 e. The minimum absolute atomic E-state index is 0.00856. The third kappa shape index (κ3) is 2.83. The Hall–Kier alpha value is -1.59. The topological polar surface area (TPSA) is 44.4 Å². The van der Waals surface area contributed by atoms with E-state index in [1.54, 1.807) is 11.3 Å². The Morgan fingerprint density at radius 3 is 2.78 bits per heavy atom. The van der Waals surface area contributed by atoms with E-state index < -0.39 is 0 Å². The second kappa shape index (κ2) is 5.80. The summed E-state index contributed by atoms with van der Waals surface area (Å²) in [6.07, 6.45) is 3.40. The summed E-state index contributed by atoms with van der Waals surface area (Å²) in [7, 11) is 0. The van der Waals surface area contributed by atoms with Gasteiger partial charge in [0.05, 0.1) is 4.88 Å². The van der Waals surface area contributed by atoms with Gasteiger partial charge in [-0.15, -0.1) is 11.3 Å². The summed E-state index contributed by atoms with van der Waals surface area (Å²) in [6.45, 7) is 6.23. The number of hydrogen-bond acceptors (Lipinski definition) is 4. The first-order valence-electron chi connectivity index (χ1n) is 8.45. The summed E-state index contributed by atoms with van der Waals surface area (Å²) in [6, 6.07) is 8.47. The maximum atomic E-state index is 12.6. The molecule has 122 valence electrons. The molecule has 2 aromatic rings. The fourth-order valence-corrected chi connectivity index (χ4v) is 4.48. The Labute approximate surface area is 140 Å². The SMILES string of the molecule is CC1(NC(=O)c2cc3c(N4CCNCC4)cccc3s2)CCC1. The molecule has 4 rings (SSSR count). The highest BCUT2D eigenvalue weighted by atomic mass is 32.1.